The zero-order chi connectivity index (χ0) is 26.1. The summed E-state index contributed by atoms with van der Waals surface area (Å²) in [5.74, 6) is 0.456. The Bertz CT molecular complexity index is 1460. The van der Waals surface area contributed by atoms with Gasteiger partial charge >= 0.3 is 0 Å². The van der Waals surface area contributed by atoms with Crippen molar-refractivity contribution >= 4 is 22.8 Å². The smallest absolute Gasteiger partial charge is 0.270 e. The summed E-state index contributed by atoms with van der Waals surface area (Å²) in [7, 11) is 1.50. The topological polar surface area (TPSA) is 87.2 Å². The monoisotopic (exact) mass is 502 g/mol. The molecule has 4 aromatic rings. The van der Waals surface area contributed by atoms with E-state index < -0.39 is 5.82 Å². The number of amides is 1. The standard InChI is InChI=1S/C28H31FN6O2/c1-5-18-11-17(3)30-16-23(18)21-13-20(6-2)32-26-22(21)14-24(33-26)28(36)35-9-7-34(8-10-35)27-25(37-4)12-19(29)15-31-27/h11-16H,5-10H2,1-4H3,(H,32,33). The summed E-state index contributed by atoms with van der Waals surface area (Å²) in [5.41, 5.74) is 6.50. The van der Waals surface area contributed by atoms with Gasteiger partial charge in [0.15, 0.2) is 11.6 Å². The number of ether oxygens (including phenoxy) is 1. The number of piperazine rings is 1. The number of hydrogen-bond donors (Lipinski definition) is 1. The van der Waals surface area contributed by atoms with Gasteiger partial charge in [0.2, 0.25) is 0 Å². The Hall–Kier alpha value is -4.01. The number of aryl methyl sites for hydroxylation is 3. The van der Waals surface area contributed by atoms with Gasteiger partial charge in [0.05, 0.1) is 13.3 Å². The molecule has 5 heterocycles. The molecule has 4 aromatic heterocycles. The highest BCUT2D eigenvalue weighted by molar-refractivity contribution is 6.02. The van der Waals surface area contributed by atoms with E-state index in [-0.39, 0.29) is 5.91 Å². The Kier molecular flexibility index (Phi) is 6.78. The summed E-state index contributed by atoms with van der Waals surface area (Å²) in [5, 5.41) is 0.916. The second-order valence-electron chi connectivity index (χ2n) is 9.26. The normalized spacial score (nSPS) is 13.9. The van der Waals surface area contributed by atoms with Gasteiger partial charge in [-0.1, -0.05) is 13.8 Å². The number of fused-ring (bicyclic) bond motifs is 1. The average molecular weight is 503 g/mol. The van der Waals surface area contributed by atoms with Gasteiger partial charge in [0.1, 0.15) is 17.2 Å². The van der Waals surface area contributed by atoms with E-state index in [4.69, 9.17) is 9.72 Å². The lowest BCUT2D eigenvalue weighted by molar-refractivity contribution is 0.0741. The molecule has 1 saturated heterocycles. The Morgan fingerprint density at radius 1 is 1.03 bits per heavy atom. The first-order chi connectivity index (χ1) is 17.9. The molecule has 0 aromatic carbocycles. The van der Waals surface area contributed by atoms with Crippen molar-refractivity contribution in [1.82, 2.24) is 24.8 Å². The fourth-order valence-corrected chi connectivity index (χ4v) is 4.92. The van der Waals surface area contributed by atoms with E-state index in [1.54, 1.807) is 0 Å². The Labute approximate surface area is 215 Å². The zero-order valence-electron chi connectivity index (χ0n) is 21.6. The van der Waals surface area contributed by atoms with Crippen LogP contribution in [-0.4, -0.2) is 64.0 Å². The predicted octanol–water partition coefficient (Wildman–Crippen LogP) is 4.56. The van der Waals surface area contributed by atoms with Crippen molar-refractivity contribution in [3.8, 4) is 16.9 Å². The van der Waals surface area contributed by atoms with Crippen molar-refractivity contribution in [2.75, 3.05) is 38.2 Å². The third-order valence-corrected chi connectivity index (χ3v) is 6.93. The minimum atomic E-state index is -0.445. The number of aromatic nitrogens is 4. The first-order valence-corrected chi connectivity index (χ1v) is 12.6. The van der Waals surface area contributed by atoms with Crippen LogP contribution in [0, 0.1) is 12.7 Å². The van der Waals surface area contributed by atoms with Crippen LogP contribution in [-0.2, 0) is 12.8 Å². The minimum Gasteiger partial charge on any atom is -0.493 e. The molecule has 0 saturated carbocycles. The predicted molar refractivity (Wildman–Crippen MR) is 142 cm³/mol. The maximum absolute atomic E-state index is 13.6. The number of hydrogen-bond acceptors (Lipinski definition) is 6. The number of H-pyrrole nitrogens is 1. The molecule has 1 aliphatic heterocycles. The minimum absolute atomic E-state index is 0.0709. The van der Waals surface area contributed by atoms with Crippen molar-refractivity contribution in [3.05, 3.63) is 65.1 Å². The molecule has 0 spiro atoms. The largest absolute Gasteiger partial charge is 0.493 e. The molecule has 0 unspecified atom stereocenters. The summed E-state index contributed by atoms with van der Waals surface area (Å²) in [6, 6.07) is 7.47. The molecule has 37 heavy (non-hydrogen) atoms. The summed E-state index contributed by atoms with van der Waals surface area (Å²) >= 11 is 0. The Morgan fingerprint density at radius 3 is 2.51 bits per heavy atom. The highest BCUT2D eigenvalue weighted by atomic mass is 19.1. The first-order valence-electron chi connectivity index (χ1n) is 12.6. The quantitative estimate of drug-likeness (QED) is 0.416. The van der Waals surface area contributed by atoms with E-state index in [0.29, 0.717) is 49.1 Å². The summed E-state index contributed by atoms with van der Waals surface area (Å²) in [6.07, 6.45) is 4.78. The number of carbonyl (C=O) groups excluding carboxylic acids is 1. The molecule has 0 aliphatic carbocycles. The van der Waals surface area contributed by atoms with Gasteiger partial charge in [0, 0.05) is 60.8 Å². The molecule has 192 valence electrons. The molecule has 9 heteroatoms. The van der Waals surface area contributed by atoms with E-state index in [9.17, 15) is 9.18 Å². The highest BCUT2D eigenvalue weighted by Gasteiger charge is 2.26. The number of methoxy groups -OCH3 is 1. The van der Waals surface area contributed by atoms with E-state index >= 15 is 0 Å². The van der Waals surface area contributed by atoms with Crippen LogP contribution in [0.1, 0.15) is 41.3 Å². The van der Waals surface area contributed by atoms with E-state index in [1.165, 1.54) is 24.9 Å². The van der Waals surface area contributed by atoms with Crippen LogP contribution >= 0.6 is 0 Å². The molecule has 5 rings (SSSR count). The molecule has 1 amide bonds. The molecule has 8 nitrogen and oxygen atoms in total. The molecule has 0 atom stereocenters. The average Bonchev–Trinajstić information content (AvgIpc) is 3.36. The maximum atomic E-state index is 13.6. The number of pyridine rings is 3. The number of carbonyl (C=O) groups is 1. The Balaban J connectivity index is 1.42. The second kappa shape index (κ2) is 10.2. The third kappa shape index (κ3) is 4.73. The molecule has 1 fully saturated rings. The first kappa shape index (κ1) is 24.7. The lowest BCUT2D eigenvalue weighted by atomic mass is 9.97. The fourth-order valence-electron chi connectivity index (χ4n) is 4.92. The molecule has 0 bridgehead atoms. The van der Waals surface area contributed by atoms with Crippen LogP contribution < -0.4 is 9.64 Å². The van der Waals surface area contributed by atoms with Crippen LogP contribution in [0.3, 0.4) is 0 Å². The van der Waals surface area contributed by atoms with Crippen LogP contribution in [0.25, 0.3) is 22.2 Å². The highest BCUT2D eigenvalue weighted by Crippen LogP contribution is 2.33. The lowest BCUT2D eigenvalue weighted by Gasteiger charge is -2.35. The number of nitrogens with zero attached hydrogens (tertiary/aromatic N) is 5. The second-order valence-corrected chi connectivity index (χ2v) is 9.26. The van der Waals surface area contributed by atoms with E-state index in [0.717, 1.165) is 40.7 Å². The lowest BCUT2D eigenvalue weighted by Crippen LogP contribution is -2.49. The van der Waals surface area contributed by atoms with Gasteiger partial charge in [-0.15, -0.1) is 0 Å². The van der Waals surface area contributed by atoms with Gasteiger partial charge < -0.3 is 19.5 Å². The number of halogens is 1. The van der Waals surface area contributed by atoms with Gasteiger partial charge in [-0.05, 0) is 49.1 Å². The van der Waals surface area contributed by atoms with Gasteiger partial charge in [-0.25, -0.2) is 14.4 Å². The van der Waals surface area contributed by atoms with Gasteiger partial charge in [-0.3, -0.25) is 9.78 Å². The summed E-state index contributed by atoms with van der Waals surface area (Å²) < 4.78 is 18.9. The van der Waals surface area contributed by atoms with Crippen LogP contribution in [0.5, 0.6) is 5.75 Å². The van der Waals surface area contributed by atoms with E-state index in [1.807, 2.05) is 29.0 Å². The molecule has 1 N–H and O–H groups in total. The van der Waals surface area contributed by atoms with Crippen molar-refractivity contribution in [1.29, 1.82) is 0 Å². The fraction of sp³-hybridized carbons (Fsp3) is 0.357. The van der Waals surface area contributed by atoms with Crippen LogP contribution in [0.2, 0.25) is 0 Å². The van der Waals surface area contributed by atoms with E-state index in [2.05, 4.69) is 40.9 Å². The van der Waals surface area contributed by atoms with Gasteiger partial charge in [-0.2, -0.15) is 0 Å². The number of rotatable bonds is 6. The molecule has 0 radical (unpaired) electrons. The number of anilines is 1. The van der Waals surface area contributed by atoms with Crippen molar-refractivity contribution < 1.29 is 13.9 Å². The van der Waals surface area contributed by atoms with Gasteiger partial charge in [0.25, 0.3) is 5.91 Å². The van der Waals surface area contributed by atoms with Crippen molar-refractivity contribution in [3.63, 3.8) is 0 Å². The Morgan fingerprint density at radius 2 is 1.81 bits per heavy atom. The van der Waals surface area contributed by atoms with Crippen molar-refractivity contribution in [2.45, 2.75) is 33.6 Å². The summed E-state index contributed by atoms with van der Waals surface area (Å²) in [4.78, 5) is 34.1. The number of nitrogens with one attached hydrogen (secondary N) is 1. The molecular formula is C28H31FN6O2. The maximum Gasteiger partial charge on any atom is 0.270 e. The third-order valence-electron chi connectivity index (χ3n) is 6.93. The SMILES string of the molecule is CCc1cc(-c2cnc(C)cc2CC)c2cc(C(=O)N3CCN(c4ncc(F)cc4OC)CC3)[nH]c2n1. The van der Waals surface area contributed by atoms with Crippen molar-refractivity contribution in [2.24, 2.45) is 0 Å². The summed E-state index contributed by atoms with van der Waals surface area (Å²) in [6.45, 7) is 8.37. The number of aromatic amines is 1. The van der Waals surface area contributed by atoms with Crippen LogP contribution in [0.15, 0.2) is 36.7 Å². The molecule has 1 aliphatic rings. The van der Waals surface area contributed by atoms with Crippen LogP contribution in [0.4, 0.5) is 10.2 Å². The zero-order valence-corrected chi connectivity index (χ0v) is 21.6. The molecular weight excluding hydrogens is 471 g/mol.